The highest BCUT2D eigenvalue weighted by Crippen LogP contribution is 2.33. The summed E-state index contributed by atoms with van der Waals surface area (Å²) in [5, 5.41) is 1.07. The number of para-hydroxylation sites is 1. The lowest BCUT2D eigenvalue weighted by molar-refractivity contribution is 0.0532. The van der Waals surface area contributed by atoms with E-state index in [0.29, 0.717) is 43.2 Å². The Morgan fingerprint density at radius 3 is 2.44 bits per heavy atom. The number of carbonyl (C=O) groups is 2. The Morgan fingerprint density at radius 2 is 1.69 bits per heavy atom. The zero-order valence-corrected chi connectivity index (χ0v) is 20.4. The van der Waals surface area contributed by atoms with E-state index in [0.717, 1.165) is 21.5 Å². The molecule has 5 rings (SSSR count). The SMILES string of the molecule is COc1cc(C(=O)N2CCN(C(=O)c3cnccn3)CC2)ccc1NSc1cccc2cccnc12. The van der Waals surface area contributed by atoms with Gasteiger partial charge >= 0.3 is 0 Å². The predicted octanol–water partition coefficient (Wildman–Crippen LogP) is 3.75. The summed E-state index contributed by atoms with van der Waals surface area (Å²) < 4.78 is 8.89. The molecule has 0 aliphatic carbocycles. The van der Waals surface area contributed by atoms with Crippen molar-refractivity contribution in [1.29, 1.82) is 0 Å². The smallest absolute Gasteiger partial charge is 0.274 e. The van der Waals surface area contributed by atoms with Gasteiger partial charge in [0.2, 0.25) is 0 Å². The molecule has 2 aromatic heterocycles. The number of methoxy groups -OCH3 is 1. The van der Waals surface area contributed by atoms with Crippen LogP contribution in [0.25, 0.3) is 10.9 Å². The summed E-state index contributed by atoms with van der Waals surface area (Å²) in [5.41, 5.74) is 2.51. The maximum Gasteiger partial charge on any atom is 0.274 e. The Labute approximate surface area is 212 Å². The Balaban J connectivity index is 1.23. The van der Waals surface area contributed by atoms with Gasteiger partial charge in [-0.3, -0.25) is 19.6 Å². The van der Waals surface area contributed by atoms with Crippen molar-refractivity contribution in [1.82, 2.24) is 24.8 Å². The van der Waals surface area contributed by atoms with Crippen molar-refractivity contribution in [2.75, 3.05) is 38.0 Å². The number of nitrogens with one attached hydrogen (secondary N) is 1. The first-order valence-corrected chi connectivity index (χ1v) is 12.2. The van der Waals surface area contributed by atoms with Gasteiger partial charge in [0.1, 0.15) is 11.4 Å². The van der Waals surface area contributed by atoms with E-state index in [1.165, 1.54) is 30.5 Å². The van der Waals surface area contributed by atoms with Crippen LogP contribution in [0.2, 0.25) is 0 Å². The molecule has 0 saturated carbocycles. The van der Waals surface area contributed by atoms with Gasteiger partial charge in [-0.2, -0.15) is 0 Å². The number of hydrogen-bond acceptors (Lipinski definition) is 8. The molecule has 2 aromatic carbocycles. The van der Waals surface area contributed by atoms with E-state index in [-0.39, 0.29) is 11.8 Å². The summed E-state index contributed by atoms with van der Waals surface area (Å²) in [7, 11) is 1.58. The number of aromatic nitrogens is 3. The van der Waals surface area contributed by atoms with Gasteiger partial charge in [-0.1, -0.05) is 18.2 Å². The molecule has 0 spiro atoms. The minimum atomic E-state index is -0.175. The molecule has 182 valence electrons. The number of ether oxygens (including phenoxy) is 1. The molecule has 3 heterocycles. The van der Waals surface area contributed by atoms with Crippen LogP contribution in [-0.2, 0) is 0 Å². The van der Waals surface area contributed by atoms with E-state index in [9.17, 15) is 9.59 Å². The Morgan fingerprint density at radius 1 is 0.917 bits per heavy atom. The molecular weight excluding hydrogens is 476 g/mol. The zero-order valence-electron chi connectivity index (χ0n) is 19.6. The van der Waals surface area contributed by atoms with Gasteiger partial charge in [0.15, 0.2) is 0 Å². The summed E-state index contributed by atoms with van der Waals surface area (Å²) in [4.78, 5) is 42.7. The molecule has 4 aromatic rings. The number of rotatable bonds is 6. The number of fused-ring (bicyclic) bond motifs is 1. The molecule has 0 bridgehead atoms. The quantitative estimate of drug-likeness (QED) is 0.400. The second-order valence-corrected chi connectivity index (χ2v) is 8.97. The van der Waals surface area contributed by atoms with E-state index in [4.69, 9.17) is 4.74 Å². The molecule has 1 saturated heterocycles. The topological polar surface area (TPSA) is 101 Å². The zero-order chi connectivity index (χ0) is 24.9. The van der Waals surface area contributed by atoms with E-state index in [1.54, 1.807) is 35.2 Å². The van der Waals surface area contributed by atoms with Crippen LogP contribution in [0, 0.1) is 0 Å². The second-order valence-electron chi connectivity index (χ2n) is 8.13. The minimum Gasteiger partial charge on any atom is -0.495 e. The van der Waals surface area contributed by atoms with Crippen LogP contribution in [0.3, 0.4) is 0 Å². The predicted molar refractivity (Wildman–Crippen MR) is 138 cm³/mol. The minimum absolute atomic E-state index is 0.0997. The first-order chi connectivity index (χ1) is 17.6. The molecule has 0 atom stereocenters. The van der Waals surface area contributed by atoms with E-state index in [1.807, 2.05) is 36.4 Å². The van der Waals surface area contributed by atoms with Crippen LogP contribution in [0.1, 0.15) is 20.8 Å². The van der Waals surface area contributed by atoms with Crippen LogP contribution < -0.4 is 9.46 Å². The van der Waals surface area contributed by atoms with Gasteiger partial charge in [-0.25, -0.2) is 4.98 Å². The van der Waals surface area contributed by atoms with Gasteiger partial charge in [0.05, 0.1) is 29.4 Å². The third-order valence-corrected chi connectivity index (χ3v) is 6.82. The average molecular weight is 501 g/mol. The highest BCUT2D eigenvalue weighted by Gasteiger charge is 2.26. The number of amides is 2. The van der Waals surface area contributed by atoms with Gasteiger partial charge in [0, 0.05) is 55.7 Å². The highest BCUT2D eigenvalue weighted by molar-refractivity contribution is 8.00. The largest absolute Gasteiger partial charge is 0.495 e. The lowest BCUT2D eigenvalue weighted by atomic mass is 10.1. The third kappa shape index (κ3) is 4.94. The van der Waals surface area contributed by atoms with Gasteiger partial charge in [-0.05, 0) is 42.3 Å². The Hall–Kier alpha value is -4.18. The lowest BCUT2D eigenvalue weighted by Crippen LogP contribution is -2.50. The molecule has 9 nitrogen and oxygen atoms in total. The molecule has 1 aliphatic heterocycles. The summed E-state index contributed by atoms with van der Waals surface area (Å²) >= 11 is 1.44. The van der Waals surface area contributed by atoms with Crippen molar-refractivity contribution >= 4 is 40.4 Å². The number of benzene rings is 2. The number of piperazine rings is 1. The molecule has 1 fully saturated rings. The molecule has 10 heteroatoms. The van der Waals surface area contributed by atoms with Crippen molar-refractivity contribution in [2.24, 2.45) is 0 Å². The fourth-order valence-electron chi connectivity index (χ4n) is 4.04. The standard InChI is InChI=1S/C26H24N6O3S/c1-35-22-16-19(7-8-20(22)30-36-23-6-2-4-18-5-3-9-29-24(18)23)25(33)31-12-14-32(15-13-31)26(34)21-17-27-10-11-28-21/h2-11,16-17,30H,12-15H2,1H3. The molecule has 0 unspecified atom stereocenters. The first kappa shape index (κ1) is 23.6. The fourth-order valence-corrected chi connectivity index (χ4v) is 4.85. The molecule has 2 amide bonds. The molecular formula is C26H24N6O3S. The van der Waals surface area contributed by atoms with E-state index in [2.05, 4.69) is 19.7 Å². The molecule has 0 radical (unpaired) electrons. The Kier molecular flexibility index (Phi) is 6.94. The highest BCUT2D eigenvalue weighted by atomic mass is 32.2. The molecule has 1 N–H and O–H groups in total. The van der Waals surface area contributed by atoms with Gasteiger partial charge < -0.3 is 19.3 Å². The summed E-state index contributed by atoms with van der Waals surface area (Å²) in [6.07, 6.45) is 6.26. The van der Waals surface area contributed by atoms with Crippen LogP contribution in [0.5, 0.6) is 5.75 Å². The summed E-state index contributed by atoms with van der Waals surface area (Å²) in [6, 6.07) is 15.3. The van der Waals surface area contributed by atoms with Crippen molar-refractivity contribution in [3.63, 3.8) is 0 Å². The maximum absolute atomic E-state index is 13.2. The van der Waals surface area contributed by atoms with Crippen molar-refractivity contribution < 1.29 is 14.3 Å². The molecule has 36 heavy (non-hydrogen) atoms. The maximum atomic E-state index is 13.2. The number of hydrogen-bond donors (Lipinski definition) is 1. The van der Waals surface area contributed by atoms with E-state index >= 15 is 0 Å². The second kappa shape index (κ2) is 10.6. The number of anilines is 1. The van der Waals surface area contributed by atoms with Crippen LogP contribution in [0.4, 0.5) is 5.69 Å². The normalized spacial score (nSPS) is 13.5. The Bertz CT molecular complexity index is 1390. The summed E-state index contributed by atoms with van der Waals surface area (Å²) in [6.45, 7) is 1.76. The summed E-state index contributed by atoms with van der Waals surface area (Å²) in [5.74, 6) is 0.293. The lowest BCUT2D eigenvalue weighted by Gasteiger charge is -2.34. The number of carbonyl (C=O) groups excluding carboxylic acids is 2. The van der Waals surface area contributed by atoms with Gasteiger partial charge in [0.25, 0.3) is 11.8 Å². The van der Waals surface area contributed by atoms with Crippen LogP contribution in [0.15, 0.2) is 78.2 Å². The van der Waals surface area contributed by atoms with E-state index < -0.39 is 0 Å². The number of pyridine rings is 1. The molecule has 1 aliphatic rings. The van der Waals surface area contributed by atoms with Crippen LogP contribution in [-0.4, -0.2) is 69.9 Å². The van der Waals surface area contributed by atoms with Crippen LogP contribution >= 0.6 is 11.9 Å². The number of nitrogens with zero attached hydrogens (tertiary/aromatic N) is 5. The van der Waals surface area contributed by atoms with Crippen molar-refractivity contribution in [3.8, 4) is 5.75 Å². The fraction of sp³-hybridized carbons (Fsp3) is 0.192. The average Bonchev–Trinajstić information content (AvgIpc) is 2.95. The van der Waals surface area contributed by atoms with Crippen molar-refractivity contribution in [3.05, 3.63) is 84.6 Å². The third-order valence-electron chi connectivity index (χ3n) is 5.95. The van der Waals surface area contributed by atoms with Crippen molar-refractivity contribution in [2.45, 2.75) is 4.90 Å². The monoisotopic (exact) mass is 500 g/mol. The first-order valence-electron chi connectivity index (χ1n) is 11.4. The van der Waals surface area contributed by atoms with Gasteiger partial charge in [-0.15, -0.1) is 0 Å².